The van der Waals surface area contributed by atoms with E-state index in [1.165, 1.54) is 0 Å². The van der Waals surface area contributed by atoms with Crippen molar-refractivity contribution in [1.82, 2.24) is 0 Å². The summed E-state index contributed by atoms with van der Waals surface area (Å²) in [6, 6.07) is 7.10. The van der Waals surface area contributed by atoms with Crippen molar-refractivity contribution in [2.45, 2.75) is 6.42 Å². The third-order valence-corrected chi connectivity index (χ3v) is 1.45. The normalized spacial score (nSPS) is 9.70. The Morgan fingerprint density at radius 3 is 2.40 bits per heavy atom. The van der Waals surface area contributed by atoms with Gasteiger partial charge < -0.3 is 5.11 Å². The summed E-state index contributed by atoms with van der Waals surface area (Å²) in [6.07, 6.45) is 0.837. The highest BCUT2D eigenvalue weighted by molar-refractivity contribution is 7.82. The van der Waals surface area contributed by atoms with E-state index in [-0.39, 0.29) is 0 Å². The van der Waals surface area contributed by atoms with E-state index in [0.717, 1.165) is 12.0 Å². The van der Waals surface area contributed by atoms with Gasteiger partial charge in [-0.1, -0.05) is 12.1 Å². The van der Waals surface area contributed by atoms with Crippen LogP contribution >= 0.6 is 12.6 Å². The summed E-state index contributed by atoms with van der Waals surface area (Å²) in [6.45, 7) is 0. The van der Waals surface area contributed by atoms with Gasteiger partial charge in [0.15, 0.2) is 0 Å². The van der Waals surface area contributed by atoms with Crippen LogP contribution in [0.25, 0.3) is 0 Å². The maximum atomic E-state index is 8.90. The SMILES string of the molecule is Oc1ccc(C[CH]S)cc1. The van der Waals surface area contributed by atoms with Crippen molar-refractivity contribution < 1.29 is 5.11 Å². The van der Waals surface area contributed by atoms with E-state index in [1.54, 1.807) is 17.9 Å². The molecule has 0 aliphatic rings. The van der Waals surface area contributed by atoms with Gasteiger partial charge in [0, 0.05) is 5.75 Å². The predicted octanol–water partition coefficient (Wildman–Crippen LogP) is 2.03. The first-order chi connectivity index (χ1) is 4.83. The van der Waals surface area contributed by atoms with E-state index >= 15 is 0 Å². The zero-order valence-electron chi connectivity index (χ0n) is 5.49. The summed E-state index contributed by atoms with van der Waals surface area (Å²) in [5.41, 5.74) is 1.16. The van der Waals surface area contributed by atoms with Gasteiger partial charge in [-0.3, -0.25) is 0 Å². The Balaban J connectivity index is 2.69. The third kappa shape index (κ3) is 1.95. The maximum Gasteiger partial charge on any atom is 0.115 e. The predicted molar refractivity (Wildman–Crippen MR) is 45.1 cm³/mol. The van der Waals surface area contributed by atoms with Gasteiger partial charge >= 0.3 is 0 Å². The summed E-state index contributed by atoms with van der Waals surface area (Å²) >= 11 is 3.97. The van der Waals surface area contributed by atoms with Crippen LogP contribution in [-0.2, 0) is 6.42 Å². The molecule has 0 unspecified atom stereocenters. The highest BCUT2D eigenvalue weighted by atomic mass is 32.1. The van der Waals surface area contributed by atoms with Crippen LogP contribution in [0.3, 0.4) is 0 Å². The summed E-state index contributed by atoms with van der Waals surface area (Å²) in [5.74, 6) is 2.09. The van der Waals surface area contributed by atoms with Crippen molar-refractivity contribution in [1.29, 1.82) is 0 Å². The average molecular weight is 153 g/mol. The summed E-state index contributed by atoms with van der Waals surface area (Å²) < 4.78 is 0. The third-order valence-electron chi connectivity index (χ3n) is 1.26. The van der Waals surface area contributed by atoms with Gasteiger partial charge in [0.2, 0.25) is 0 Å². The largest absolute Gasteiger partial charge is 0.508 e. The second-order valence-corrected chi connectivity index (χ2v) is 2.42. The molecular weight excluding hydrogens is 144 g/mol. The Bertz CT molecular complexity index is 193. The molecular formula is C8H9OS. The zero-order chi connectivity index (χ0) is 7.40. The molecule has 1 N–H and O–H groups in total. The van der Waals surface area contributed by atoms with Crippen LogP contribution in [0.5, 0.6) is 5.75 Å². The Kier molecular flexibility index (Phi) is 2.63. The molecule has 1 aromatic rings. The van der Waals surface area contributed by atoms with E-state index in [9.17, 15) is 0 Å². The molecule has 2 heteroatoms. The van der Waals surface area contributed by atoms with Crippen LogP contribution < -0.4 is 0 Å². The van der Waals surface area contributed by atoms with E-state index in [1.807, 2.05) is 12.1 Å². The monoisotopic (exact) mass is 153 g/mol. The highest BCUT2D eigenvalue weighted by Crippen LogP contribution is 2.10. The van der Waals surface area contributed by atoms with E-state index in [0.29, 0.717) is 5.75 Å². The first-order valence-electron chi connectivity index (χ1n) is 3.06. The van der Waals surface area contributed by atoms with Gasteiger partial charge in [-0.05, 0) is 24.1 Å². The fourth-order valence-corrected chi connectivity index (χ4v) is 0.948. The molecule has 0 saturated heterocycles. The minimum atomic E-state index is 0.308. The number of phenolic OH excluding ortho intramolecular Hbond substituents is 1. The lowest BCUT2D eigenvalue weighted by Crippen LogP contribution is -1.79. The molecule has 1 aromatic carbocycles. The zero-order valence-corrected chi connectivity index (χ0v) is 6.38. The summed E-state index contributed by atoms with van der Waals surface area (Å²) in [4.78, 5) is 0. The number of aromatic hydroxyl groups is 1. The topological polar surface area (TPSA) is 20.2 Å². The Morgan fingerprint density at radius 1 is 1.30 bits per heavy atom. The number of rotatable bonds is 2. The lowest BCUT2D eigenvalue weighted by Gasteiger charge is -1.95. The molecule has 0 fully saturated rings. The average Bonchev–Trinajstić information content (AvgIpc) is 1.95. The first-order valence-corrected chi connectivity index (χ1v) is 3.58. The standard InChI is InChI=1S/C8H9OS/c9-8-3-1-7(2-4-8)5-6-10/h1-4,6,9-10H,5H2. The van der Waals surface area contributed by atoms with Crippen LogP contribution in [0, 0.1) is 5.75 Å². The van der Waals surface area contributed by atoms with Crippen molar-refractivity contribution in [3.05, 3.63) is 35.6 Å². The van der Waals surface area contributed by atoms with Gasteiger partial charge in [0.25, 0.3) is 0 Å². The minimum Gasteiger partial charge on any atom is -0.508 e. The smallest absolute Gasteiger partial charge is 0.115 e. The summed E-state index contributed by atoms with van der Waals surface area (Å²) in [7, 11) is 0. The van der Waals surface area contributed by atoms with Gasteiger partial charge in [0.1, 0.15) is 5.75 Å². The molecule has 1 rings (SSSR count). The van der Waals surface area contributed by atoms with Crippen molar-refractivity contribution in [3.8, 4) is 5.75 Å². The van der Waals surface area contributed by atoms with Crippen LogP contribution in [0.4, 0.5) is 0 Å². The van der Waals surface area contributed by atoms with Crippen LogP contribution in [0.15, 0.2) is 24.3 Å². The Labute approximate surface area is 66.1 Å². The van der Waals surface area contributed by atoms with Crippen LogP contribution in [-0.4, -0.2) is 5.11 Å². The molecule has 0 heterocycles. The van der Waals surface area contributed by atoms with Crippen LogP contribution in [0.2, 0.25) is 0 Å². The quantitative estimate of drug-likeness (QED) is 0.623. The minimum absolute atomic E-state index is 0.308. The van der Waals surface area contributed by atoms with Crippen molar-refractivity contribution in [2.24, 2.45) is 0 Å². The lowest BCUT2D eigenvalue weighted by molar-refractivity contribution is 0.475. The molecule has 0 aromatic heterocycles. The van der Waals surface area contributed by atoms with E-state index in [2.05, 4.69) is 12.6 Å². The number of thiol groups is 1. The summed E-state index contributed by atoms with van der Waals surface area (Å²) in [5, 5.41) is 8.90. The molecule has 0 aliphatic carbocycles. The van der Waals surface area contributed by atoms with Gasteiger partial charge in [-0.2, -0.15) is 12.6 Å². The lowest BCUT2D eigenvalue weighted by atomic mass is 10.2. The fourth-order valence-electron chi connectivity index (χ4n) is 0.737. The number of hydrogen-bond donors (Lipinski definition) is 2. The number of phenols is 1. The number of benzene rings is 1. The molecule has 0 spiro atoms. The molecule has 1 radical (unpaired) electrons. The van der Waals surface area contributed by atoms with Crippen molar-refractivity contribution >= 4 is 12.6 Å². The second-order valence-electron chi connectivity index (χ2n) is 2.05. The molecule has 1 nitrogen and oxygen atoms in total. The van der Waals surface area contributed by atoms with Crippen molar-refractivity contribution in [3.63, 3.8) is 0 Å². The van der Waals surface area contributed by atoms with Crippen LogP contribution in [0.1, 0.15) is 5.56 Å². The molecule has 10 heavy (non-hydrogen) atoms. The molecule has 0 atom stereocenters. The van der Waals surface area contributed by atoms with Gasteiger partial charge in [0.05, 0.1) is 0 Å². The molecule has 53 valence electrons. The fraction of sp³-hybridized carbons (Fsp3) is 0.125. The highest BCUT2D eigenvalue weighted by Gasteiger charge is 1.89. The Hall–Kier alpha value is -0.630. The van der Waals surface area contributed by atoms with Gasteiger partial charge in [-0.15, -0.1) is 0 Å². The van der Waals surface area contributed by atoms with E-state index in [4.69, 9.17) is 5.11 Å². The number of hydrogen-bond acceptors (Lipinski definition) is 2. The Morgan fingerprint density at radius 2 is 1.90 bits per heavy atom. The van der Waals surface area contributed by atoms with Crippen molar-refractivity contribution in [2.75, 3.05) is 0 Å². The first kappa shape index (κ1) is 7.48. The second kappa shape index (κ2) is 3.52. The maximum absolute atomic E-state index is 8.90. The van der Waals surface area contributed by atoms with E-state index < -0.39 is 0 Å². The molecule has 0 amide bonds. The molecule has 0 aliphatic heterocycles. The molecule has 0 saturated carbocycles. The van der Waals surface area contributed by atoms with Gasteiger partial charge in [-0.25, -0.2) is 0 Å². The molecule has 0 bridgehead atoms.